The van der Waals surface area contributed by atoms with Crippen molar-refractivity contribution in [3.63, 3.8) is 0 Å². The summed E-state index contributed by atoms with van der Waals surface area (Å²) < 4.78 is 9.89. The molecule has 0 aliphatic rings. The van der Waals surface area contributed by atoms with Gasteiger partial charge in [-0.25, -0.2) is 9.59 Å². The van der Waals surface area contributed by atoms with Gasteiger partial charge >= 0.3 is 12.1 Å². The Morgan fingerprint density at radius 1 is 1.32 bits per heavy atom. The zero-order valence-corrected chi connectivity index (χ0v) is 14.3. The van der Waals surface area contributed by atoms with Crippen molar-refractivity contribution in [1.29, 1.82) is 0 Å². The summed E-state index contributed by atoms with van der Waals surface area (Å²) in [7, 11) is 1.27. The minimum atomic E-state index is -0.861. The van der Waals surface area contributed by atoms with Gasteiger partial charge in [0.2, 0.25) is 0 Å². The minimum Gasteiger partial charge on any atom is -0.467 e. The Kier molecular flexibility index (Phi) is 6.23. The van der Waals surface area contributed by atoms with Crippen LogP contribution in [-0.4, -0.2) is 30.8 Å². The normalized spacial score (nSPS) is 12.5. The molecule has 0 aromatic heterocycles. The average Bonchev–Trinajstić information content (AvgIpc) is 2.37. The molecule has 122 valence electrons. The van der Waals surface area contributed by atoms with E-state index in [1.165, 1.54) is 7.11 Å². The Labute approximate surface area is 135 Å². The van der Waals surface area contributed by atoms with Crippen molar-refractivity contribution in [3.8, 4) is 0 Å². The largest absolute Gasteiger partial charge is 0.467 e. The molecule has 1 rings (SSSR count). The third-order valence-corrected chi connectivity index (χ3v) is 3.16. The molecule has 1 N–H and O–H groups in total. The van der Waals surface area contributed by atoms with Crippen LogP contribution in [0.15, 0.2) is 18.2 Å². The molecule has 5 nitrogen and oxygen atoms in total. The van der Waals surface area contributed by atoms with Crippen LogP contribution in [0.4, 0.5) is 4.79 Å². The first-order chi connectivity index (χ1) is 10.1. The fraction of sp³-hybridized carbons (Fsp3) is 0.500. The van der Waals surface area contributed by atoms with Gasteiger partial charge in [0.1, 0.15) is 11.6 Å². The Morgan fingerprint density at radius 3 is 2.45 bits per heavy atom. The zero-order chi connectivity index (χ0) is 16.9. The number of methoxy groups -OCH3 is 1. The first-order valence-electron chi connectivity index (χ1n) is 6.95. The van der Waals surface area contributed by atoms with E-state index in [4.69, 9.17) is 21.1 Å². The molecule has 1 amide bonds. The lowest BCUT2D eigenvalue weighted by atomic mass is 10.0. The van der Waals surface area contributed by atoms with Crippen LogP contribution in [0.3, 0.4) is 0 Å². The van der Waals surface area contributed by atoms with E-state index in [0.29, 0.717) is 5.02 Å². The van der Waals surface area contributed by atoms with Crippen molar-refractivity contribution in [2.75, 3.05) is 7.11 Å². The summed E-state index contributed by atoms with van der Waals surface area (Å²) in [4.78, 5) is 23.7. The third-order valence-electron chi connectivity index (χ3n) is 2.81. The van der Waals surface area contributed by atoms with E-state index in [1.807, 2.05) is 19.1 Å². The third kappa shape index (κ3) is 5.93. The van der Waals surface area contributed by atoms with Gasteiger partial charge in [-0.1, -0.05) is 23.7 Å². The summed E-state index contributed by atoms with van der Waals surface area (Å²) in [6.45, 7) is 7.16. The topological polar surface area (TPSA) is 64.6 Å². The van der Waals surface area contributed by atoms with Crippen LogP contribution in [0.25, 0.3) is 0 Å². The standard InChI is InChI=1S/C16H22ClNO4/c1-10-6-7-11(12(17)8-10)9-13(14(19)21-5)18-15(20)22-16(2,3)4/h6-8,13H,9H2,1-5H3,(H,18,20)/t13-/m0/s1. The van der Waals surface area contributed by atoms with Crippen molar-refractivity contribution in [2.24, 2.45) is 0 Å². The summed E-state index contributed by atoms with van der Waals surface area (Å²) in [5.41, 5.74) is 1.12. The van der Waals surface area contributed by atoms with Gasteiger partial charge in [0.05, 0.1) is 7.11 Å². The molecular formula is C16H22ClNO4. The molecule has 0 saturated carbocycles. The van der Waals surface area contributed by atoms with Crippen LogP contribution < -0.4 is 5.32 Å². The van der Waals surface area contributed by atoms with Crippen molar-refractivity contribution in [3.05, 3.63) is 34.3 Å². The second-order valence-corrected chi connectivity index (χ2v) is 6.43. The number of esters is 1. The molecule has 0 heterocycles. The van der Waals surface area contributed by atoms with E-state index >= 15 is 0 Å². The molecule has 0 saturated heterocycles. The monoisotopic (exact) mass is 327 g/mol. The van der Waals surface area contributed by atoms with E-state index in [0.717, 1.165) is 11.1 Å². The molecule has 22 heavy (non-hydrogen) atoms. The van der Waals surface area contributed by atoms with Gasteiger partial charge in [0.25, 0.3) is 0 Å². The molecule has 0 unspecified atom stereocenters. The number of hydrogen-bond donors (Lipinski definition) is 1. The predicted octanol–water partition coefficient (Wildman–Crippen LogP) is 3.26. The van der Waals surface area contributed by atoms with Crippen LogP contribution >= 0.6 is 11.6 Å². The molecule has 1 atom stereocenters. The first kappa shape index (κ1) is 18.3. The summed E-state index contributed by atoms with van der Waals surface area (Å²) >= 11 is 6.17. The number of rotatable bonds is 4. The molecule has 0 bridgehead atoms. The number of hydrogen-bond acceptors (Lipinski definition) is 4. The minimum absolute atomic E-state index is 0.227. The van der Waals surface area contributed by atoms with Crippen LogP contribution in [0.5, 0.6) is 0 Å². The van der Waals surface area contributed by atoms with Gasteiger partial charge in [-0.2, -0.15) is 0 Å². The van der Waals surface area contributed by atoms with Crippen molar-refractivity contribution in [2.45, 2.75) is 45.8 Å². The summed E-state index contributed by atoms with van der Waals surface area (Å²) in [6, 6.07) is 4.66. The Balaban J connectivity index is 2.85. The van der Waals surface area contributed by atoms with E-state index in [9.17, 15) is 9.59 Å². The predicted molar refractivity (Wildman–Crippen MR) is 85.1 cm³/mol. The molecule has 0 aliphatic carbocycles. The smallest absolute Gasteiger partial charge is 0.408 e. The molecule has 0 spiro atoms. The maximum atomic E-state index is 11.9. The van der Waals surface area contributed by atoms with Crippen molar-refractivity contribution >= 4 is 23.7 Å². The van der Waals surface area contributed by atoms with E-state index in [2.05, 4.69) is 5.32 Å². The number of aryl methyl sites for hydroxylation is 1. The first-order valence-corrected chi connectivity index (χ1v) is 7.32. The van der Waals surface area contributed by atoms with Crippen molar-refractivity contribution < 1.29 is 19.1 Å². The number of alkyl carbamates (subject to hydrolysis) is 1. The highest BCUT2D eigenvalue weighted by Gasteiger charge is 2.25. The molecule has 0 fully saturated rings. The highest BCUT2D eigenvalue weighted by atomic mass is 35.5. The van der Waals surface area contributed by atoms with Crippen LogP contribution in [0.1, 0.15) is 31.9 Å². The van der Waals surface area contributed by atoms with Gasteiger partial charge < -0.3 is 14.8 Å². The number of carbonyl (C=O) groups is 2. The van der Waals surface area contributed by atoms with E-state index in [1.54, 1.807) is 26.8 Å². The fourth-order valence-electron chi connectivity index (χ4n) is 1.82. The fourth-order valence-corrected chi connectivity index (χ4v) is 2.14. The number of benzene rings is 1. The Bertz CT molecular complexity index is 552. The number of amides is 1. The molecular weight excluding hydrogens is 306 g/mol. The van der Waals surface area contributed by atoms with Gasteiger partial charge in [-0.05, 0) is 44.9 Å². The molecule has 0 radical (unpaired) electrons. The van der Waals surface area contributed by atoms with Crippen molar-refractivity contribution in [1.82, 2.24) is 5.32 Å². The molecule has 6 heteroatoms. The molecule has 0 aliphatic heterocycles. The quantitative estimate of drug-likeness (QED) is 0.862. The van der Waals surface area contributed by atoms with Crippen LogP contribution in [0, 0.1) is 6.92 Å². The number of nitrogens with one attached hydrogen (secondary N) is 1. The van der Waals surface area contributed by atoms with E-state index < -0.39 is 23.7 Å². The van der Waals surface area contributed by atoms with Crippen LogP contribution in [0.2, 0.25) is 5.02 Å². The Hall–Kier alpha value is -1.75. The molecule has 1 aromatic rings. The Morgan fingerprint density at radius 2 is 1.95 bits per heavy atom. The van der Waals surface area contributed by atoms with Gasteiger partial charge in [-0.15, -0.1) is 0 Å². The zero-order valence-electron chi connectivity index (χ0n) is 13.5. The maximum Gasteiger partial charge on any atom is 0.408 e. The lowest BCUT2D eigenvalue weighted by molar-refractivity contribution is -0.143. The highest BCUT2D eigenvalue weighted by molar-refractivity contribution is 6.31. The summed E-state index contributed by atoms with van der Waals surface area (Å²) in [6.07, 6.45) is -0.448. The lowest BCUT2D eigenvalue weighted by Gasteiger charge is -2.22. The van der Waals surface area contributed by atoms with Gasteiger partial charge in [-0.3, -0.25) is 0 Å². The van der Waals surface area contributed by atoms with E-state index in [-0.39, 0.29) is 6.42 Å². The van der Waals surface area contributed by atoms with Gasteiger partial charge in [0.15, 0.2) is 0 Å². The number of halogens is 1. The second kappa shape index (κ2) is 7.49. The summed E-state index contributed by atoms with van der Waals surface area (Å²) in [5.74, 6) is -0.553. The maximum absolute atomic E-state index is 11.9. The lowest BCUT2D eigenvalue weighted by Crippen LogP contribution is -2.45. The molecule has 1 aromatic carbocycles. The summed E-state index contributed by atoms with van der Waals surface area (Å²) in [5, 5.41) is 3.06. The van der Waals surface area contributed by atoms with Gasteiger partial charge in [0, 0.05) is 11.4 Å². The number of ether oxygens (including phenoxy) is 2. The number of carbonyl (C=O) groups excluding carboxylic acids is 2. The SMILES string of the molecule is COC(=O)[C@H](Cc1ccc(C)cc1Cl)NC(=O)OC(C)(C)C. The average molecular weight is 328 g/mol. The highest BCUT2D eigenvalue weighted by Crippen LogP contribution is 2.19. The van der Waals surface area contributed by atoms with Crippen LogP contribution in [-0.2, 0) is 20.7 Å². The second-order valence-electron chi connectivity index (χ2n) is 6.02.